The van der Waals surface area contributed by atoms with E-state index in [0.717, 1.165) is 25.4 Å². The van der Waals surface area contributed by atoms with E-state index in [1.54, 1.807) is 0 Å². The van der Waals surface area contributed by atoms with Gasteiger partial charge in [0.2, 0.25) is 5.90 Å². The van der Waals surface area contributed by atoms with Gasteiger partial charge in [0.15, 0.2) is 6.61 Å². The first kappa shape index (κ1) is 13.6. The summed E-state index contributed by atoms with van der Waals surface area (Å²) in [5.74, 6) is 0.747. The predicted molar refractivity (Wildman–Crippen MR) is 71.7 cm³/mol. The fourth-order valence-electron chi connectivity index (χ4n) is 2.38. The van der Waals surface area contributed by atoms with Gasteiger partial charge in [-0.05, 0) is 40.0 Å². The first-order valence-corrected chi connectivity index (χ1v) is 6.96. The van der Waals surface area contributed by atoms with Crippen LogP contribution in [0.1, 0.15) is 25.7 Å². The highest BCUT2D eigenvalue weighted by Crippen LogP contribution is 2.13. The smallest absolute Gasteiger partial charge is 0.227 e. The van der Waals surface area contributed by atoms with Gasteiger partial charge in [0.05, 0.1) is 0 Å². The van der Waals surface area contributed by atoms with Crippen LogP contribution in [0.2, 0.25) is 0 Å². The Hall–Kier alpha value is -0.810. The molecule has 2 rings (SSSR count). The lowest BCUT2D eigenvalue weighted by Gasteiger charge is -2.31. The lowest BCUT2D eigenvalue weighted by molar-refractivity contribution is -0.0120. The number of likely N-dealkylation sites (tertiary alicyclic amines) is 1. The van der Waals surface area contributed by atoms with Crippen molar-refractivity contribution in [2.75, 3.05) is 46.9 Å². The van der Waals surface area contributed by atoms with Crippen molar-refractivity contribution in [3.05, 3.63) is 0 Å². The molecule has 0 aromatic rings. The Bertz CT molecular complexity index is 275. The molecule has 1 atom stereocenters. The maximum absolute atomic E-state index is 5.90. The third kappa shape index (κ3) is 4.46. The van der Waals surface area contributed by atoms with Gasteiger partial charge in [0, 0.05) is 19.5 Å². The number of hydrogen-bond acceptors (Lipinski definition) is 5. The van der Waals surface area contributed by atoms with Gasteiger partial charge in [-0.3, -0.25) is 4.90 Å². The SMILES string of the molecule is CN(C)CCC1=NOC[C@@H](CN2CCCCC2)O1. The third-order valence-corrected chi connectivity index (χ3v) is 3.41. The largest absolute Gasteiger partial charge is 0.470 e. The molecule has 0 saturated carbocycles. The maximum atomic E-state index is 5.90. The fraction of sp³-hybridized carbons (Fsp3) is 0.923. The Balaban J connectivity index is 1.72. The van der Waals surface area contributed by atoms with Crippen molar-refractivity contribution >= 4 is 5.90 Å². The van der Waals surface area contributed by atoms with Crippen molar-refractivity contribution in [3.63, 3.8) is 0 Å². The molecule has 1 saturated heterocycles. The zero-order valence-corrected chi connectivity index (χ0v) is 11.6. The van der Waals surface area contributed by atoms with Crippen LogP contribution in [-0.4, -0.2) is 68.7 Å². The first-order chi connectivity index (χ1) is 8.74. The summed E-state index contributed by atoms with van der Waals surface area (Å²) in [6.07, 6.45) is 4.97. The van der Waals surface area contributed by atoms with Crippen LogP contribution < -0.4 is 0 Å². The van der Waals surface area contributed by atoms with E-state index in [1.165, 1.54) is 32.4 Å². The summed E-state index contributed by atoms with van der Waals surface area (Å²) in [5.41, 5.74) is 0. The van der Waals surface area contributed by atoms with E-state index in [-0.39, 0.29) is 6.10 Å². The monoisotopic (exact) mass is 255 g/mol. The highest BCUT2D eigenvalue weighted by atomic mass is 16.7. The van der Waals surface area contributed by atoms with Crippen LogP contribution >= 0.6 is 0 Å². The molecule has 0 spiro atoms. The average molecular weight is 255 g/mol. The van der Waals surface area contributed by atoms with Gasteiger partial charge < -0.3 is 14.5 Å². The fourth-order valence-corrected chi connectivity index (χ4v) is 2.38. The minimum absolute atomic E-state index is 0.151. The molecule has 5 nitrogen and oxygen atoms in total. The van der Waals surface area contributed by atoms with E-state index < -0.39 is 0 Å². The Kier molecular flexibility index (Phi) is 5.26. The number of rotatable bonds is 5. The lowest BCUT2D eigenvalue weighted by Crippen LogP contribution is -2.42. The van der Waals surface area contributed by atoms with Crippen molar-refractivity contribution in [3.8, 4) is 0 Å². The quantitative estimate of drug-likeness (QED) is 0.738. The summed E-state index contributed by atoms with van der Waals surface area (Å²) >= 11 is 0. The Morgan fingerprint density at radius 2 is 2.06 bits per heavy atom. The summed E-state index contributed by atoms with van der Waals surface area (Å²) in [6, 6.07) is 0. The highest BCUT2D eigenvalue weighted by Gasteiger charge is 2.23. The van der Waals surface area contributed by atoms with Crippen LogP contribution in [0.5, 0.6) is 0 Å². The van der Waals surface area contributed by atoms with E-state index in [9.17, 15) is 0 Å². The van der Waals surface area contributed by atoms with E-state index in [0.29, 0.717) is 6.61 Å². The second kappa shape index (κ2) is 6.95. The van der Waals surface area contributed by atoms with E-state index in [2.05, 4.69) is 29.1 Å². The summed E-state index contributed by atoms with van der Waals surface area (Å²) in [7, 11) is 4.10. The molecule has 0 radical (unpaired) electrons. The molecule has 0 aromatic carbocycles. The number of oxime groups is 1. The normalized spacial score (nSPS) is 25.5. The molecule has 0 aliphatic carbocycles. The van der Waals surface area contributed by atoms with Crippen LogP contribution in [0, 0.1) is 0 Å². The second-order valence-corrected chi connectivity index (χ2v) is 5.44. The molecule has 0 N–H and O–H groups in total. The minimum atomic E-state index is 0.151. The predicted octanol–water partition coefficient (Wildman–Crippen LogP) is 1.15. The molecule has 18 heavy (non-hydrogen) atoms. The van der Waals surface area contributed by atoms with Crippen molar-refractivity contribution in [1.29, 1.82) is 0 Å². The van der Waals surface area contributed by atoms with Crippen LogP contribution in [-0.2, 0) is 9.57 Å². The van der Waals surface area contributed by atoms with Crippen LogP contribution in [0.25, 0.3) is 0 Å². The topological polar surface area (TPSA) is 37.3 Å². The van der Waals surface area contributed by atoms with Gasteiger partial charge in [0.25, 0.3) is 0 Å². The van der Waals surface area contributed by atoms with Gasteiger partial charge >= 0.3 is 0 Å². The Morgan fingerprint density at radius 1 is 1.28 bits per heavy atom. The number of nitrogens with zero attached hydrogens (tertiary/aromatic N) is 3. The molecule has 0 aromatic heterocycles. The van der Waals surface area contributed by atoms with Gasteiger partial charge in [-0.15, -0.1) is 0 Å². The summed E-state index contributed by atoms with van der Waals surface area (Å²) in [4.78, 5) is 9.89. The molecule has 2 aliphatic heterocycles. The standard InChI is InChI=1S/C13H25N3O2/c1-15(2)9-6-13-14-17-11-12(18-13)10-16-7-4-3-5-8-16/h12H,3-11H2,1-2H3/t12-/m1/s1. The summed E-state index contributed by atoms with van der Waals surface area (Å²) in [6.45, 7) is 4.90. The third-order valence-electron chi connectivity index (χ3n) is 3.41. The lowest BCUT2D eigenvalue weighted by atomic mass is 10.1. The molecule has 1 fully saturated rings. The zero-order chi connectivity index (χ0) is 12.8. The molecule has 0 bridgehead atoms. The molecule has 5 heteroatoms. The maximum Gasteiger partial charge on any atom is 0.227 e. The molecule has 0 unspecified atom stereocenters. The van der Waals surface area contributed by atoms with Gasteiger partial charge in [-0.25, -0.2) is 0 Å². The summed E-state index contributed by atoms with van der Waals surface area (Å²) in [5, 5.41) is 3.99. The van der Waals surface area contributed by atoms with Gasteiger partial charge in [0.1, 0.15) is 6.10 Å². The molecule has 2 heterocycles. The van der Waals surface area contributed by atoms with E-state index in [4.69, 9.17) is 9.57 Å². The van der Waals surface area contributed by atoms with E-state index in [1.807, 2.05) is 0 Å². The van der Waals surface area contributed by atoms with Crippen molar-refractivity contribution < 1.29 is 9.57 Å². The van der Waals surface area contributed by atoms with Gasteiger partial charge in [-0.1, -0.05) is 11.6 Å². The van der Waals surface area contributed by atoms with Crippen LogP contribution in [0.15, 0.2) is 5.16 Å². The molecule has 0 amide bonds. The van der Waals surface area contributed by atoms with Crippen molar-refractivity contribution in [2.24, 2.45) is 5.16 Å². The van der Waals surface area contributed by atoms with Crippen LogP contribution in [0.3, 0.4) is 0 Å². The minimum Gasteiger partial charge on any atom is -0.470 e. The van der Waals surface area contributed by atoms with Gasteiger partial charge in [-0.2, -0.15) is 0 Å². The molecular formula is C13H25N3O2. The number of hydrogen-bond donors (Lipinski definition) is 0. The molecule has 2 aliphatic rings. The average Bonchev–Trinajstić information content (AvgIpc) is 2.38. The first-order valence-electron chi connectivity index (χ1n) is 6.96. The number of ether oxygens (including phenoxy) is 1. The van der Waals surface area contributed by atoms with Crippen molar-refractivity contribution in [2.45, 2.75) is 31.8 Å². The Morgan fingerprint density at radius 3 is 2.78 bits per heavy atom. The summed E-state index contributed by atoms with van der Waals surface area (Å²) < 4.78 is 5.90. The highest BCUT2D eigenvalue weighted by molar-refractivity contribution is 5.76. The second-order valence-electron chi connectivity index (χ2n) is 5.44. The molecular weight excluding hydrogens is 230 g/mol. The van der Waals surface area contributed by atoms with Crippen LogP contribution in [0.4, 0.5) is 0 Å². The van der Waals surface area contributed by atoms with Crippen molar-refractivity contribution in [1.82, 2.24) is 9.80 Å². The Labute approximate surface area is 110 Å². The number of piperidine rings is 1. The zero-order valence-electron chi connectivity index (χ0n) is 11.6. The molecule has 104 valence electrons. The van der Waals surface area contributed by atoms with E-state index >= 15 is 0 Å².